The molecular weight excluding hydrogens is 356 g/mol. The van der Waals surface area contributed by atoms with E-state index in [2.05, 4.69) is 11.9 Å². The predicted molar refractivity (Wildman–Crippen MR) is 86.9 cm³/mol. The molecule has 0 saturated heterocycles. The van der Waals surface area contributed by atoms with Crippen LogP contribution in [0.4, 0.5) is 0 Å². The van der Waals surface area contributed by atoms with Gasteiger partial charge in [-0.3, -0.25) is 19.3 Å². The Balaban J connectivity index is 0. The van der Waals surface area contributed by atoms with Gasteiger partial charge in [-0.05, 0) is 0 Å². The summed E-state index contributed by atoms with van der Waals surface area (Å²) in [5, 5.41) is 44.3. The highest BCUT2D eigenvalue weighted by atomic mass is 16.5. The SMILES string of the molecule is C=CC(COCC(=O)O)N(CC(=O)O)CC(=O)O.O=C(O)CNCCO. The first-order valence-electron chi connectivity index (χ1n) is 7.27. The standard InChI is InChI=1S/C10H15NO7.C4H9NO3/c1-2-7(5-18-6-10(16)17)11(3-8(12)13)4-9(14)15;6-2-1-5-3-4(7)8/h2,7H,1,3-6H2,(H,12,13)(H,14,15)(H,16,17);5-6H,1-3H2,(H,7,8). The number of ether oxygens (including phenoxy) is 1. The summed E-state index contributed by atoms with van der Waals surface area (Å²) in [4.78, 5) is 42.3. The summed E-state index contributed by atoms with van der Waals surface area (Å²) in [6, 6.07) is -0.684. The Hall–Kier alpha value is -2.54. The maximum Gasteiger partial charge on any atom is 0.329 e. The van der Waals surface area contributed by atoms with E-state index in [4.69, 9.17) is 30.3 Å². The van der Waals surface area contributed by atoms with Gasteiger partial charge in [-0.1, -0.05) is 6.08 Å². The fourth-order valence-corrected chi connectivity index (χ4v) is 1.50. The van der Waals surface area contributed by atoms with Crippen LogP contribution in [0.25, 0.3) is 0 Å². The van der Waals surface area contributed by atoms with Gasteiger partial charge < -0.3 is 35.6 Å². The molecule has 0 saturated carbocycles. The highest BCUT2D eigenvalue weighted by molar-refractivity contribution is 5.72. The van der Waals surface area contributed by atoms with Crippen molar-refractivity contribution < 1.29 is 49.4 Å². The molecule has 0 aromatic heterocycles. The number of aliphatic carboxylic acids is 4. The highest BCUT2D eigenvalue weighted by Crippen LogP contribution is 2.02. The van der Waals surface area contributed by atoms with Crippen molar-refractivity contribution in [2.24, 2.45) is 0 Å². The Labute approximate surface area is 149 Å². The third-order valence-corrected chi connectivity index (χ3v) is 2.50. The quantitative estimate of drug-likeness (QED) is 0.140. The van der Waals surface area contributed by atoms with Crippen molar-refractivity contribution in [3.8, 4) is 0 Å². The topological polar surface area (TPSA) is 194 Å². The van der Waals surface area contributed by atoms with Crippen LogP contribution < -0.4 is 5.32 Å². The molecule has 0 bridgehead atoms. The van der Waals surface area contributed by atoms with Gasteiger partial charge in [-0.15, -0.1) is 6.58 Å². The van der Waals surface area contributed by atoms with Crippen LogP contribution in [0.2, 0.25) is 0 Å². The largest absolute Gasteiger partial charge is 0.480 e. The first-order chi connectivity index (χ1) is 12.1. The van der Waals surface area contributed by atoms with Gasteiger partial charge in [-0.25, -0.2) is 4.79 Å². The number of carboxylic acids is 4. The molecule has 12 nitrogen and oxygen atoms in total. The molecule has 0 amide bonds. The van der Waals surface area contributed by atoms with Crippen LogP contribution in [0.1, 0.15) is 0 Å². The van der Waals surface area contributed by atoms with Gasteiger partial charge in [-0.2, -0.15) is 0 Å². The molecule has 0 aliphatic carbocycles. The van der Waals surface area contributed by atoms with Crippen molar-refractivity contribution in [3.63, 3.8) is 0 Å². The van der Waals surface area contributed by atoms with Crippen LogP contribution in [0.3, 0.4) is 0 Å². The number of carbonyl (C=O) groups is 4. The molecule has 1 atom stereocenters. The van der Waals surface area contributed by atoms with Gasteiger partial charge in [0.25, 0.3) is 0 Å². The third kappa shape index (κ3) is 17.8. The fourth-order valence-electron chi connectivity index (χ4n) is 1.50. The molecule has 0 fully saturated rings. The maximum atomic E-state index is 10.6. The minimum Gasteiger partial charge on any atom is -0.480 e. The zero-order valence-electron chi connectivity index (χ0n) is 14.0. The highest BCUT2D eigenvalue weighted by Gasteiger charge is 2.21. The summed E-state index contributed by atoms with van der Waals surface area (Å²) < 4.78 is 4.79. The molecule has 0 rings (SSSR count). The van der Waals surface area contributed by atoms with E-state index in [9.17, 15) is 19.2 Å². The number of carboxylic acid groups (broad SMARTS) is 4. The van der Waals surface area contributed by atoms with Crippen LogP contribution in [0.15, 0.2) is 12.7 Å². The zero-order chi connectivity index (χ0) is 20.5. The predicted octanol–water partition coefficient (Wildman–Crippen LogP) is -2.23. The van der Waals surface area contributed by atoms with E-state index in [0.29, 0.717) is 6.54 Å². The lowest BCUT2D eigenvalue weighted by atomic mass is 10.2. The summed E-state index contributed by atoms with van der Waals surface area (Å²) in [5.41, 5.74) is 0. The Bertz CT molecular complexity index is 453. The minimum absolute atomic E-state index is 0.0206. The van der Waals surface area contributed by atoms with E-state index in [-0.39, 0.29) is 19.8 Å². The van der Waals surface area contributed by atoms with Gasteiger partial charge in [0.15, 0.2) is 0 Å². The second-order valence-electron chi connectivity index (χ2n) is 4.70. The van der Waals surface area contributed by atoms with Gasteiger partial charge in [0.05, 0.1) is 38.9 Å². The lowest BCUT2D eigenvalue weighted by Crippen LogP contribution is -2.43. The van der Waals surface area contributed by atoms with E-state index in [0.717, 1.165) is 4.90 Å². The van der Waals surface area contributed by atoms with Crippen LogP contribution in [-0.2, 0) is 23.9 Å². The Kier molecular flexibility index (Phi) is 15.8. The van der Waals surface area contributed by atoms with E-state index in [1.54, 1.807) is 0 Å². The molecule has 0 spiro atoms. The van der Waals surface area contributed by atoms with E-state index >= 15 is 0 Å². The number of hydrogen-bond acceptors (Lipinski definition) is 8. The molecule has 0 radical (unpaired) electrons. The Morgan fingerprint density at radius 1 is 1.00 bits per heavy atom. The second kappa shape index (κ2) is 16.0. The van der Waals surface area contributed by atoms with Gasteiger partial charge in [0.1, 0.15) is 6.61 Å². The molecule has 0 aliphatic heterocycles. The Morgan fingerprint density at radius 3 is 1.88 bits per heavy atom. The van der Waals surface area contributed by atoms with Crippen molar-refractivity contribution in [1.82, 2.24) is 10.2 Å². The number of hydrogen-bond donors (Lipinski definition) is 6. The Morgan fingerprint density at radius 2 is 1.54 bits per heavy atom. The fraction of sp³-hybridized carbons (Fsp3) is 0.571. The van der Waals surface area contributed by atoms with Crippen molar-refractivity contribution in [1.29, 1.82) is 0 Å². The third-order valence-electron chi connectivity index (χ3n) is 2.50. The summed E-state index contributed by atoms with van der Waals surface area (Å²) in [6.45, 7) is 1.99. The average molecular weight is 380 g/mol. The molecule has 0 aromatic rings. The lowest BCUT2D eigenvalue weighted by molar-refractivity contribution is -0.146. The first-order valence-corrected chi connectivity index (χ1v) is 7.27. The van der Waals surface area contributed by atoms with E-state index in [1.807, 2.05) is 0 Å². The maximum absolute atomic E-state index is 10.6. The first kappa shape index (κ1) is 25.7. The molecule has 26 heavy (non-hydrogen) atoms. The molecule has 1 unspecified atom stereocenters. The molecule has 150 valence electrons. The van der Waals surface area contributed by atoms with Crippen LogP contribution in [-0.4, -0.2) is 106 Å². The van der Waals surface area contributed by atoms with Crippen LogP contribution in [0, 0.1) is 0 Å². The molecule has 0 heterocycles. The minimum atomic E-state index is -1.19. The van der Waals surface area contributed by atoms with Crippen LogP contribution in [0.5, 0.6) is 0 Å². The molecule has 12 heteroatoms. The molecular formula is C14H24N2O10. The second-order valence-corrected chi connectivity index (χ2v) is 4.70. The summed E-state index contributed by atoms with van der Waals surface area (Å²) in [6.07, 6.45) is 1.31. The van der Waals surface area contributed by atoms with Crippen molar-refractivity contribution in [2.75, 3.05) is 46.0 Å². The zero-order valence-corrected chi connectivity index (χ0v) is 14.0. The van der Waals surface area contributed by atoms with Crippen molar-refractivity contribution in [3.05, 3.63) is 12.7 Å². The molecule has 6 N–H and O–H groups in total. The van der Waals surface area contributed by atoms with Gasteiger partial charge in [0, 0.05) is 6.54 Å². The normalized spacial score (nSPS) is 11.2. The molecule has 0 aliphatic rings. The van der Waals surface area contributed by atoms with Crippen LogP contribution >= 0.6 is 0 Å². The number of aliphatic hydroxyl groups excluding tert-OH is 1. The number of nitrogens with one attached hydrogen (secondary N) is 1. The number of nitrogens with zero attached hydrogens (tertiary/aromatic N) is 1. The summed E-state index contributed by atoms with van der Waals surface area (Å²) in [7, 11) is 0. The lowest BCUT2D eigenvalue weighted by Gasteiger charge is -2.25. The monoisotopic (exact) mass is 380 g/mol. The van der Waals surface area contributed by atoms with Crippen molar-refractivity contribution in [2.45, 2.75) is 6.04 Å². The van der Waals surface area contributed by atoms with E-state index < -0.39 is 49.6 Å². The summed E-state index contributed by atoms with van der Waals surface area (Å²) >= 11 is 0. The summed E-state index contributed by atoms with van der Waals surface area (Å²) in [5.74, 6) is -4.46. The van der Waals surface area contributed by atoms with E-state index in [1.165, 1.54) is 6.08 Å². The molecule has 0 aromatic carbocycles. The number of aliphatic hydroxyl groups is 1. The van der Waals surface area contributed by atoms with Gasteiger partial charge >= 0.3 is 23.9 Å². The van der Waals surface area contributed by atoms with Crippen molar-refractivity contribution >= 4 is 23.9 Å². The number of rotatable bonds is 14. The van der Waals surface area contributed by atoms with Gasteiger partial charge in [0.2, 0.25) is 0 Å². The smallest absolute Gasteiger partial charge is 0.329 e. The average Bonchev–Trinajstić information content (AvgIpc) is 2.50.